The van der Waals surface area contributed by atoms with Crippen LogP contribution in [0.25, 0.3) is 0 Å². The first-order chi connectivity index (χ1) is 14.3. The van der Waals surface area contributed by atoms with Crippen LogP contribution >= 0.6 is 0 Å². The Labute approximate surface area is 170 Å². The van der Waals surface area contributed by atoms with E-state index in [-0.39, 0.29) is 11.8 Å². The zero-order valence-corrected chi connectivity index (χ0v) is 16.4. The van der Waals surface area contributed by atoms with Crippen molar-refractivity contribution in [1.82, 2.24) is 24.8 Å². The number of aromatic nitrogens is 4. The Morgan fingerprint density at radius 1 is 1.07 bits per heavy atom. The van der Waals surface area contributed by atoms with Gasteiger partial charge >= 0.3 is 0 Å². The number of rotatable bonds is 7. The van der Waals surface area contributed by atoms with E-state index in [2.05, 4.69) is 41.9 Å². The molecule has 7 heteroatoms. The summed E-state index contributed by atoms with van der Waals surface area (Å²) in [7, 11) is 0. The summed E-state index contributed by atoms with van der Waals surface area (Å²) in [5, 5.41) is 3.09. The van der Waals surface area contributed by atoms with Gasteiger partial charge in [-0.05, 0) is 24.5 Å². The highest BCUT2D eigenvalue weighted by Crippen LogP contribution is 2.20. The molecule has 7 nitrogen and oxygen atoms in total. The van der Waals surface area contributed by atoms with Crippen LogP contribution in [0.4, 0.5) is 5.95 Å². The van der Waals surface area contributed by atoms with Crippen LogP contribution in [0.3, 0.4) is 0 Å². The monoisotopic (exact) mass is 390 g/mol. The molecule has 29 heavy (non-hydrogen) atoms. The molecule has 1 saturated heterocycles. The van der Waals surface area contributed by atoms with Gasteiger partial charge < -0.3 is 14.8 Å². The maximum atomic E-state index is 12.7. The maximum absolute atomic E-state index is 12.7. The number of nitrogens with zero attached hydrogens (tertiary/aromatic N) is 5. The molecule has 1 atom stereocenters. The lowest BCUT2D eigenvalue weighted by Gasteiger charge is -2.31. The molecule has 1 unspecified atom stereocenters. The van der Waals surface area contributed by atoms with Crippen LogP contribution in [-0.4, -0.2) is 45.1 Å². The number of benzene rings is 1. The summed E-state index contributed by atoms with van der Waals surface area (Å²) < 4.78 is 2.14. The van der Waals surface area contributed by atoms with Gasteiger partial charge in [-0.25, -0.2) is 15.0 Å². The second-order valence-electron chi connectivity index (χ2n) is 7.33. The molecule has 1 aliphatic heterocycles. The molecule has 0 radical (unpaired) electrons. The molecule has 150 valence electrons. The van der Waals surface area contributed by atoms with Gasteiger partial charge in [0.1, 0.15) is 5.82 Å². The molecule has 3 aromatic rings. The molecule has 4 rings (SSSR count). The number of hydrogen-bond donors (Lipinski definition) is 1. The summed E-state index contributed by atoms with van der Waals surface area (Å²) in [5.74, 6) is 1.76. The van der Waals surface area contributed by atoms with E-state index in [1.807, 2.05) is 30.6 Å². The molecule has 0 saturated carbocycles. The first-order valence-corrected chi connectivity index (χ1v) is 10.1. The number of anilines is 1. The summed E-state index contributed by atoms with van der Waals surface area (Å²) in [6.07, 6.45) is 9.87. The Morgan fingerprint density at radius 2 is 1.90 bits per heavy atom. The van der Waals surface area contributed by atoms with Gasteiger partial charge in [0.15, 0.2) is 0 Å². The van der Waals surface area contributed by atoms with Crippen LogP contribution in [0.2, 0.25) is 0 Å². The molecule has 0 spiro atoms. The fraction of sp³-hybridized carbons (Fsp3) is 0.364. The van der Waals surface area contributed by atoms with E-state index in [0.717, 1.165) is 31.8 Å². The smallest absolute Gasteiger partial charge is 0.225 e. The summed E-state index contributed by atoms with van der Waals surface area (Å²) in [4.78, 5) is 27.8. The molecule has 1 aliphatic rings. The topological polar surface area (TPSA) is 75.9 Å². The third-order valence-corrected chi connectivity index (χ3v) is 5.27. The Morgan fingerprint density at radius 3 is 2.72 bits per heavy atom. The van der Waals surface area contributed by atoms with Crippen LogP contribution in [0, 0.1) is 5.92 Å². The lowest BCUT2D eigenvalue weighted by atomic mass is 9.97. The molecule has 1 aromatic carbocycles. The quantitative estimate of drug-likeness (QED) is 0.670. The van der Waals surface area contributed by atoms with Crippen molar-refractivity contribution in [3.63, 3.8) is 0 Å². The highest BCUT2D eigenvalue weighted by molar-refractivity contribution is 5.79. The number of imidazole rings is 1. The molecule has 1 fully saturated rings. The van der Waals surface area contributed by atoms with Crippen LogP contribution in [0.15, 0.2) is 61.2 Å². The van der Waals surface area contributed by atoms with Gasteiger partial charge in [-0.15, -0.1) is 0 Å². The second kappa shape index (κ2) is 9.32. The standard InChI is InChI=1S/C22H26N6O/c29-21(19-8-4-14-28(17-19)22-25-10-5-11-26-22)24-12-9-20-23-13-15-27(20)16-18-6-2-1-3-7-18/h1-3,5-7,10-11,13,15,19H,4,8-9,12,14,16-17H2,(H,24,29). The zero-order valence-electron chi connectivity index (χ0n) is 16.4. The molecule has 3 heterocycles. The van der Waals surface area contributed by atoms with Crippen LogP contribution in [0.1, 0.15) is 24.2 Å². The first-order valence-electron chi connectivity index (χ1n) is 10.1. The van der Waals surface area contributed by atoms with Crippen molar-refractivity contribution in [3.05, 3.63) is 72.6 Å². The average molecular weight is 390 g/mol. The fourth-order valence-electron chi connectivity index (χ4n) is 3.76. The van der Waals surface area contributed by atoms with E-state index < -0.39 is 0 Å². The Hall–Kier alpha value is -3.22. The lowest BCUT2D eigenvalue weighted by Crippen LogP contribution is -2.44. The minimum atomic E-state index is -0.0309. The van der Waals surface area contributed by atoms with Crippen LogP contribution < -0.4 is 10.2 Å². The van der Waals surface area contributed by atoms with Crippen LogP contribution in [0.5, 0.6) is 0 Å². The molecule has 2 aromatic heterocycles. The number of carbonyl (C=O) groups is 1. The van der Waals surface area contributed by atoms with E-state index in [1.165, 1.54) is 5.56 Å². The average Bonchev–Trinajstić information content (AvgIpc) is 3.22. The summed E-state index contributed by atoms with van der Waals surface area (Å²) in [6, 6.07) is 12.1. The van der Waals surface area contributed by atoms with Crippen molar-refractivity contribution in [2.75, 3.05) is 24.5 Å². The van der Waals surface area contributed by atoms with Gasteiger partial charge in [-0.3, -0.25) is 4.79 Å². The maximum Gasteiger partial charge on any atom is 0.225 e. The Bertz CT molecular complexity index is 911. The van der Waals surface area contributed by atoms with E-state index in [4.69, 9.17) is 0 Å². The summed E-state index contributed by atoms with van der Waals surface area (Å²) in [5.41, 5.74) is 1.24. The molecule has 0 aliphatic carbocycles. The molecular formula is C22H26N6O. The van der Waals surface area contributed by atoms with Gasteiger partial charge in [-0.1, -0.05) is 30.3 Å². The number of hydrogen-bond acceptors (Lipinski definition) is 5. The number of nitrogens with one attached hydrogen (secondary N) is 1. The highest BCUT2D eigenvalue weighted by atomic mass is 16.1. The van der Waals surface area contributed by atoms with E-state index in [9.17, 15) is 4.79 Å². The summed E-state index contributed by atoms with van der Waals surface area (Å²) in [6.45, 7) is 2.94. The largest absolute Gasteiger partial charge is 0.355 e. The van der Waals surface area contributed by atoms with Crippen molar-refractivity contribution in [2.45, 2.75) is 25.8 Å². The fourth-order valence-corrected chi connectivity index (χ4v) is 3.76. The highest BCUT2D eigenvalue weighted by Gasteiger charge is 2.26. The predicted octanol–water partition coefficient (Wildman–Crippen LogP) is 2.30. The third-order valence-electron chi connectivity index (χ3n) is 5.27. The molecular weight excluding hydrogens is 364 g/mol. The van der Waals surface area contributed by atoms with Crippen molar-refractivity contribution >= 4 is 11.9 Å². The second-order valence-corrected chi connectivity index (χ2v) is 7.33. The SMILES string of the molecule is O=C(NCCc1nccn1Cc1ccccc1)C1CCCN(c2ncccn2)C1. The zero-order chi connectivity index (χ0) is 19.9. The van der Waals surface area contributed by atoms with Crippen LogP contribution in [-0.2, 0) is 17.8 Å². The number of carbonyl (C=O) groups excluding carboxylic acids is 1. The Balaban J connectivity index is 1.28. The van der Waals surface area contributed by atoms with Gasteiger partial charge in [0, 0.05) is 57.4 Å². The minimum Gasteiger partial charge on any atom is -0.355 e. The number of amides is 1. The van der Waals surface area contributed by atoms with Crippen molar-refractivity contribution < 1.29 is 4.79 Å². The normalized spacial score (nSPS) is 16.6. The van der Waals surface area contributed by atoms with Crippen molar-refractivity contribution in [1.29, 1.82) is 0 Å². The van der Waals surface area contributed by atoms with Gasteiger partial charge in [0.05, 0.1) is 5.92 Å². The Kier molecular flexibility index (Phi) is 6.14. The first kappa shape index (κ1) is 19.1. The third kappa shape index (κ3) is 4.99. The van der Waals surface area contributed by atoms with E-state index in [0.29, 0.717) is 25.5 Å². The van der Waals surface area contributed by atoms with Crippen molar-refractivity contribution in [2.24, 2.45) is 5.92 Å². The number of piperidine rings is 1. The minimum absolute atomic E-state index is 0.0309. The van der Waals surface area contributed by atoms with E-state index in [1.54, 1.807) is 18.5 Å². The van der Waals surface area contributed by atoms with Crippen molar-refractivity contribution in [3.8, 4) is 0 Å². The molecule has 1 amide bonds. The van der Waals surface area contributed by atoms with E-state index >= 15 is 0 Å². The van der Waals surface area contributed by atoms with Gasteiger partial charge in [-0.2, -0.15) is 0 Å². The lowest BCUT2D eigenvalue weighted by molar-refractivity contribution is -0.125. The molecule has 1 N–H and O–H groups in total. The van der Waals surface area contributed by atoms with Gasteiger partial charge in [0.2, 0.25) is 11.9 Å². The summed E-state index contributed by atoms with van der Waals surface area (Å²) >= 11 is 0. The van der Waals surface area contributed by atoms with Gasteiger partial charge in [0.25, 0.3) is 0 Å². The molecule has 0 bridgehead atoms. The predicted molar refractivity (Wildman–Crippen MR) is 111 cm³/mol.